The molecule has 0 aromatic carbocycles. The molecule has 0 N–H and O–H groups in total. The zero-order valence-corrected chi connectivity index (χ0v) is 14.3. The van der Waals surface area contributed by atoms with E-state index >= 15 is 0 Å². The Kier molecular flexibility index (Phi) is 11.9. The first-order chi connectivity index (χ1) is 10.3. The molecule has 0 saturated carbocycles. The van der Waals surface area contributed by atoms with Crippen molar-refractivity contribution >= 4 is 0 Å². The highest BCUT2D eigenvalue weighted by molar-refractivity contribution is 4.81. The first-order valence-electron chi connectivity index (χ1n) is 9.21. The summed E-state index contributed by atoms with van der Waals surface area (Å²) in [6.07, 6.45) is 18.6. The lowest BCUT2D eigenvalue weighted by molar-refractivity contribution is -0.162. The first kappa shape index (κ1) is 18.7. The second-order valence-corrected chi connectivity index (χ2v) is 6.43. The molecule has 0 radical (unpaired) electrons. The monoisotopic (exact) mass is 296 g/mol. The van der Waals surface area contributed by atoms with Crippen LogP contribution in [0.2, 0.25) is 0 Å². The lowest BCUT2D eigenvalue weighted by Gasteiger charge is -2.22. The maximum absolute atomic E-state index is 5.73. The zero-order valence-electron chi connectivity index (χ0n) is 14.3. The van der Waals surface area contributed by atoms with Crippen LogP contribution in [-0.2, 0) is 9.47 Å². The smallest absolute Gasteiger partial charge is 0.157 e. The molecule has 2 unspecified atom stereocenters. The Morgan fingerprint density at radius 2 is 1.86 bits per heavy atom. The largest absolute Gasteiger partial charge is 0.353 e. The van der Waals surface area contributed by atoms with Crippen LogP contribution in [0.25, 0.3) is 0 Å². The van der Waals surface area contributed by atoms with E-state index in [1.165, 1.54) is 57.8 Å². The number of unbranched alkanes of at least 4 members (excludes halogenated alkanes) is 4. The van der Waals surface area contributed by atoms with E-state index in [-0.39, 0.29) is 6.29 Å². The molecule has 0 spiro atoms. The molecule has 0 aromatic rings. The standard InChI is InChI=1S/C19H36O2/c1-3-18(2)14-10-8-6-4-5-7-9-12-16-20-19-15-11-13-17-21-19/h4-5,18-19H,3,6-17H2,1-2H3/b5-4-. The fourth-order valence-corrected chi connectivity index (χ4v) is 2.62. The topological polar surface area (TPSA) is 18.5 Å². The molecule has 0 aliphatic carbocycles. The van der Waals surface area contributed by atoms with Crippen LogP contribution in [0, 0.1) is 5.92 Å². The van der Waals surface area contributed by atoms with Gasteiger partial charge in [0.15, 0.2) is 6.29 Å². The van der Waals surface area contributed by atoms with Gasteiger partial charge >= 0.3 is 0 Å². The molecule has 2 atom stereocenters. The number of rotatable bonds is 12. The third-order valence-electron chi connectivity index (χ3n) is 4.39. The highest BCUT2D eigenvalue weighted by Gasteiger charge is 2.12. The molecule has 124 valence electrons. The van der Waals surface area contributed by atoms with E-state index in [1.807, 2.05) is 0 Å². The molecular formula is C19H36O2. The summed E-state index contributed by atoms with van der Waals surface area (Å²) < 4.78 is 11.3. The zero-order chi connectivity index (χ0) is 15.2. The first-order valence-corrected chi connectivity index (χ1v) is 9.21. The summed E-state index contributed by atoms with van der Waals surface area (Å²) in [6.45, 7) is 6.38. The average Bonchev–Trinajstić information content (AvgIpc) is 2.53. The molecule has 1 aliphatic rings. The van der Waals surface area contributed by atoms with Gasteiger partial charge in [0.1, 0.15) is 0 Å². The van der Waals surface area contributed by atoms with E-state index in [9.17, 15) is 0 Å². The van der Waals surface area contributed by atoms with Gasteiger partial charge in [0.2, 0.25) is 0 Å². The van der Waals surface area contributed by atoms with Crippen molar-refractivity contribution < 1.29 is 9.47 Å². The van der Waals surface area contributed by atoms with Gasteiger partial charge in [0.25, 0.3) is 0 Å². The van der Waals surface area contributed by atoms with Gasteiger partial charge in [-0.2, -0.15) is 0 Å². The fourth-order valence-electron chi connectivity index (χ4n) is 2.62. The summed E-state index contributed by atoms with van der Waals surface area (Å²) in [5.41, 5.74) is 0. The maximum atomic E-state index is 5.73. The SMILES string of the molecule is CCC(C)CCCC/C=C\CCCCOC1CCCCO1. The number of hydrogen-bond acceptors (Lipinski definition) is 2. The maximum Gasteiger partial charge on any atom is 0.157 e. The lowest BCUT2D eigenvalue weighted by Crippen LogP contribution is -2.22. The van der Waals surface area contributed by atoms with E-state index in [4.69, 9.17) is 9.47 Å². The van der Waals surface area contributed by atoms with Gasteiger partial charge in [-0.25, -0.2) is 0 Å². The molecule has 21 heavy (non-hydrogen) atoms. The molecule has 2 nitrogen and oxygen atoms in total. The van der Waals surface area contributed by atoms with Crippen molar-refractivity contribution in [3.63, 3.8) is 0 Å². The summed E-state index contributed by atoms with van der Waals surface area (Å²) in [7, 11) is 0. The van der Waals surface area contributed by atoms with E-state index in [1.54, 1.807) is 0 Å². The lowest BCUT2D eigenvalue weighted by atomic mass is 10.0. The summed E-state index contributed by atoms with van der Waals surface area (Å²) in [6, 6.07) is 0. The summed E-state index contributed by atoms with van der Waals surface area (Å²) >= 11 is 0. The van der Waals surface area contributed by atoms with Gasteiger partial charge in [-0.1, -0.05) is 45.3 Å². The van der Waals surface area contributed by atoms with E-state index in [2.05, 4.69) is 26.0 Å². The molecule has 1 heterocycles. The molecule has 1 saturated heterocycles. The van der Waals surface area contributed by atoms with Crippen molar-refractivity contribution in [1.29, 1.82) is 0 Å². The average molecular weight is 296 g/mol. The molecule has 1 fully saturated rings. The molecule has 0 amide bonds. The highest BCUT2D eigenvalue weighted by Crippen LogP contribution is 2.14. The van der Waals surface area contributed by atoms with Crippen LogP contribution in [0.1, 0.15) is 84.5 Å². The van der Waals surface area contributed by atoms with Gasteiger partial charge in [0, 0.05) is 13.2 Å². The second kappa shape index (κ2) is 13.3. The Bertz CT molecular complexity index is 244. The van der Waals surface area contributed by atoms with Gasteiger partial charge in [-0.3, -0.25) is 0 Å². The minimum absolute atomic E-state index is 0.0832. The van der Waals surface area contributed by atoms with Gasteiger partial charge in [-0.15, -0.1) is 0 Å². The van der Waals surface area contributed by atoms with Crippen molar-refractivity contribution in [3.8, 4) is 0 Å². The molecule has 2 heteroatoms. The van der Waals surface area contributed by atoms with Crippen molar-refractivity contribution in [2.75, 3.05) is 13.2 Å². The third-order valence-corrected chi connectivity index (χ3v) is 4.39. The van der Waals surface area contributed by atoms with Crippen LogP contribution in [0.3, 0.4) is 0 Å². The normalized spacial score (nSPS) is 21.0. The van der Waals surface area contributed by atoms with E-state index in [0.29, 0.717) is 0 Å². The minimum atomic E-state index is 0.0832. The Hall–Kier alpha value is -0.340. The van der Waals surface area contributed by atoms with E-state index < -0.39 is 0 Å². The van der Waals surface area contributed by atoms with Crippen molar-refractivity contribution in [1.82, 2.24) is 0 Å². The van der Waals surface area contributed by atoms with Crippen LogP contribution in [0.4, 0.5) is 0 Å². The van der Waals surface area contributed by atoms with Gasteiger partial charge in [0.05, 0.1) is 0 Å². The molecule has 0 aromatic heterocycles. The van der Waals surface area contributed by atoms with Crippen molar-refractivity contribution in [2.24, 2.45) is 5.92 Å². The van der Waals surface area contributed by atoms with E-state index in [0.717, 1.165) is 32.0 Å². The highest BCUT2D eigenvalue weighted by atomic mass is 16.7. The predicted molar refractivity (Wildman–Crippen MR) is 90.5 cm³/mol. The Balaban J connectivity index is 1.80. The summed E-state index contributed by atoms with van der Waals surface area (Å²) in [4.78, 5) is 0. The van der Waals surface area contributed by atoms with Crippen LogP contribution in [0.15, 0.2) is 12.2 Å². The van der Waals surface area contributed by atoms with Gasteiger partial charge < -0.3 is 9.47 Å². The Labute approximate surface area is 132 Å². The quantitative estimate of drug-likeness (QED) is 0.331. The summed E-state index contributed by atoms with van der Waals surface area (Å²) in [5.74, 6) is 0.905. The number of ether oxygens (including phenoxy) is 2. The number of hydrogen-bond donors (Lipinski definition) is 0. The molecule has 0 bridgehead atoms. The number of allylic oxidation sites excluding steroid dienone is 2. The van der Waals surface area contributed by atoms with Crippen LogP contribution in [0.5, 0.6) is 0 Å². The Morgan fingerprint density at radius 1 is 1.10 bits per heavy atom. The fraction of sp³-hybridized carbons (Fsp3) is 0.895. The third kappa shape index (κ3) is 11.0. The van der Waals surface area contributed by atoms with Crippen molar-refractivity contribution in [2.45, 2.75) is 90.8 Å². The molecular weight excluding hydrogens is 260 g/mol. The predicted octanol–water partition coefficient (Wildman–Crippen LogP) is 5.86. The summed E-state index contributed by atoms with van der Waals surface area (Å²) in [5, 5.41) is 0. The van der Waals surface area contributed by atoms with Crippen LogP contribution < -0.4 is 0 Å². The molecule has 1 aliphatic heterocycles. The van der Waals surface area contributed by atoms with Crippen molar-refractivity contribution in [3.05, 3.63) is 12.2 Å². The van der Waals surface area contributed by atoms with Gasteiger partial charge in [-0.05, 0) is 57.3 Å². The minimum Gasteiger partial charge on any atom is -0.353 e. The Morgan fingerprint density at radius 3 is 2.52 bits per heavy atom. The second-order valence-electron chi connectivity index (χ2n) is 6.43. The van der Waals surface area contributed by atoms with Crippen LogP contribution in [-0.4, -0.2) is 19.5 Å². The van der Waals surface area contributed by atoms with Crippen LogP contribution >= 0.6 is 0 Å². The molecule has 1 rings (SSSR count).